The minimum Gasteiger partial charge on any atom is -0.490 e. The Morgan fingerprint density at radius 2 is 1.93 bits per heavy atom. The van der Waals surface area contributed by atoms with E-state index in [2.05, 4.69) is 26.8 Å². The molecule has 1 aromatic carbocycles. The van der Waals surface area contributed by atoms with Crippen LogP contribution in [0.3, 0.4) is 0 Å². The first-order valence-electron chi connectivity index (χ1n) is 5.96. The molecule has 84 valence electrons. The van der Waals surface area contributed by atoms with E-state index in [1.165, 1.54) is 24.8 Å². The molecule has 0 spiro atoms. The molecule has 0 radical (unpaired) electrons. The molecule has 1 aromatic rings. The molecule has 0 aliphatic rings. The molecule has 0 aliphatic carbocycles. The van der Waals surface area contributed by atoms with E-state index < -0.39 is 0 Å². The summed E-state index contributed by atoms with van der Waals surface area (Å²) in [5.74, 6) is 1.03. The van der Waals surface area contributed by atoms with Gasteiger partial charge in [-0.3, -0.25) is 0 Å². The molecular formula is C14H22O. The van der Waals surface area contributed by atoms with Crippen LogP contribution in [0.5, 0.6) is 5.75 Å². The zero-order valence-electron chi connectivity index (χ0n) is 10.1. The normalized spacial score (nSPS) is 12.5. The zero-order chi connectivity index (χ0) is 11.1. The first-order chi connectivity index (χ1) is 7.24. The lowest BCUT2D eigenvalue weighted by molar-refractivity contribution is 0.205. The number of hydrogen-bond acceptors (Lipinski definition) is 1. The van der Waals surface area contributed by atoms with Crippen LogP contribution in [-0.4, -0.2) is 6.10 Å². The molecule has 0 heterocycles. The number of ether oxygens (including phenoxy) is 1. The minimum absolute atomic E-state index is 0.331. The predicted molar refractivity (Wildman–Crippen MR) is 65.4 cm³/mol. The smallest absolute Gasteiger partial charge is 0.122 e. The second-order valence-corrected chi connectivity index (χ2v) is 4.19. The van der Waals surface area contributed by atoms with Crippen LogP contribution in [0.25, 0.3) is 0 Å². The fourth-order valence-electron chi connectivity index (χ4n) is 1.65. The van der Waals surface area contributed by atoms with Gasteiger partial charge in [-0.15, -0.1) is 0 Å². The highest BCUT2D eigenvalue weighted by atomic mass is 16.5. The molecule has 15 heavy (non-hydrogen) atoms. The van der Waals surface area contributed by atoms with E-state index in [-0.39, 0.29) is 0 Å². The Hall–Kier alpha value is -0.980. The van der Waals surface area contributed by atoms with Crippen molar-refractivity contribution in [3.8, 4) is 5.75 Å². The Morgan fingerprint density at radius 3 is 2.60 bits per heavy atom. The van der Waals surface area contributed by atoms with Gasteiger partial charge in [0.25, 0.3) is 0 Å². The summed E-state index contributed by atoms with van der Waals surface area (Å²) in [7, 11) is 0. The highest BCUT2D eigenvalue weighted by Gasteiger charge is 2.04. The Bertz CT molecular complexity index is 280. The fourth-order valence-corrected chi connectivity index (χ4v) is 1.65. The van der Waals surface area contributed by atoms with Crippen LogP contribution in [-0.2, 0) is 0 Å². The van der Waals surface area contributed by atoms with Crippen molar-refractivity contribution in [1.82, 2.24) is 0 Å². The maximum Gasteiger partial charge on any atom is 0.122 e. The third kappa shape index (κ3) is 4.37. The lowest BCUT2D eigenvalue weighted by Gasteiger charge is -2.16. The van der Waals surface area contributed by atoms with Crippen LogP contribution in [0.1, 0.15) is 45.1 Å². The summed E-state index contributed by atoms with van der Waals surface area (Å²) in [6, 6.07) is 8.21. The third-order valence-corrected chi connectivity index (χ3v) is 2.64. The molecule has 0 saturated carbocycles. The summed E-state index contributed by atoms with van der Waals surface area (Å²) < 4.78 is 5.89. The lowest BCUT2D eigenvalue weighted by Crippen LogP contribution is -2.12. The molecule has 0 fully saturated rings. The van der Waals surface area contributed by atoms with E-state index in [1.807, 2.05) is 18.2 Å². The van der Waals surface area contributed by atoms with Gasteiger partial charge in [-0.2, -0.15) is 0 Å². The van der Waals surface area contributed by atoms with Crippen molar-refractivity contribution in [2.24, 2.45) is 0 Å². The minimum atomic E-state index is 0.331. The molecule has 1 rings (SSSR count). The van der Waals surface area contributed by atoms with Crippen molar-refractivity contribution in [2.45, 2.75) is 52.6 Å². The van der Waals surface area contributed by atoms with E-state index in [4.69, 9.17) is 4.74 Å². The summed E-state index contributed by atoms with van der Waals surface area (Å²) in [5, 5.41) is 0. The molecule has 1 unspecified atom stereocenters. The van der Waals surface area contributed by atoms with Gasteiger partial charge in [0.15, 0.2) is 0 Å². The topological polar surface area (TPSA) is 9.23 Å². The average molecular weight is 206 g/mol. The van der Waals surface area contributed by atoms with Gasteiger partial charge in [0, 0.05) is 0 Å². The molecule has 0 amide bonds. The molecule has 0 N–H and O–H groups in total. The maximum absolute atomic E-state index is 5.89. The Labute approximate surface area is 93.5 Å². The van der Waals surface area contributed by atoms with Crippen molar-refractivity contribution in [2.75, 3.05) is 0 Å². The van der Waals surface area contributed by atoms with Crippen molar-refractivity contribution in [1.29, 1.82) is 0 Å². The van der Waals surface area contributed by atoms with E-state index in [1.54, 1.807) is 0 Å². The van der Waals surface area contributed by atoms with Crippen molar-refractivity contribution in [3.05, 3.63) is 29.8 Å². The second-order valence-electron chi connectivity index (χ2n) is 4.19. The standard InChI is InChI=1S/C14H22O/c1-4-5-6-10-13(3)15-14-11-8-7-9-12(14)2/h7-9,11,13H,4-6,10H2,1-3H3. The fraction of sp³-hybridized carbons (Fsp3) is 0.571. The third-order valence-electron chi connectivity index (χ3n) is 2.64. The van der Waals surface area contributed by atoms with Crippen LogP contribution in [0.4, 0.5) is 0 Å². The molecule has 1 atom stereocenters. The Balaban J connectivity index is 2.37. The van der Waals surface area contributed by atoms with Gasteiger partial charge in [-0.25, -0.2) is 0 Å². The van der Waals surface area contributed by atoms with E-state index in [0.717, 1.165) is 12.2 Å². The van der Waals surface area contributed by atoms with Gasteiger partial charge in [-0.05, 0) is 38.3 Å². The number of unbranched alkanes of at least 4 members (excludes halogenated alkanes) is 2. The SMILES string of the molecule is CCCCCC(C)Oc1ccccc1C. The monoisotopic (exact) mass is 206 g/mol. The Morgan fingerprint density at radius 1 is 1.20 bits per heavy atom. The van der Waals surface area contributed by atoms with Crippen molar-refractivity contribution in [3.63, 3.8) is 0 Å². The van der Waals surface area contributed by atoms with Crippen molar-refractivity contribution >= 4 is 0 Å². The predicted octanol–water partition coefficient (Wildman–Crippen LogP) is 4.34. The van der Waals surface area contributed by atoms with Gasteiger partial charge >= 0.3 is 0 Å². The van der Waals surface area contributed by atoms with Crippen molar-refractivity contribution < 1.29 is 4.74 Å². The summed E-state index contributed by atoms with van der Waals surface area (Å²) in [6.07, 6.45) is 5.34. The maximum atomic E-state index is 5.89. The van der Waals surface area contributed by atoms with Gasteiger partial charge in [-0.1, -0.05) is 38.0 Å². The van der Waals surface area contributed by atoms with Crippen LogP contribution >= 0.6 is 0 Å². The molecule has 1 heteroatoms. The quantitative estimate of drug-likeness (QED) is 0.629. The number of aryl methyl sites for hydroxylation is 1. The first-order valence-corrected chi connectivity index (χ1v) is 5.96. The van der Waals surface area contributed by atoms with E-state index in [9.17, 15) is 0 Å². The van der Waals surface area contributed by atoms with Crippen LogP contribution in [0.2, 0.25) is 0 Å². The second kappa shape index (κ2) is 6.49. The Kier molecular flexibility index (Phi) is 5.23. The van der Waals surface area contributed by atoms with Crippen LogP contribution in [0.15, 0.2) is 24.3 Å². The van der Waals surface area contributed by atoms with E-state index >= 15 is 0 Å². The molecular weight excluding hydrogens is 184 g/mol. The van der Waals surface area contributed by atoms with Gasteiger partial charge in [0.1, 0.15) is 5.75 Å². The number of hydrogen-bond donors (Lipinski definition) is 0. The summed E-state index contributed by atoms with van der Waals surface area (Å²) in [6.45, 7) is 6.48. The average Bonchev–Trinajstić information content (AvgIpc) is 2.22. The summed E-state index contributed by atoms with van der Waals surface area (Å²) >= 11 is 0. The van der Waals surface area contributed by atoms with E-state index in [0.29, 0.717) is 6.10 Å². The summed E-state index contributed by atoms with van der Waals surface area (Å²) in [5.41, 5.74) is 1.22. The largest absolute Gasteiger partial charge is 0.490 e. The van der Waals surface area contributed by atoms with Gasteiger partial charge in [0.2, 0.25) is 0 Å². The molecule has 0 saturated heterocycles. The molecule has 1 nitrogen and oxygen atoms in total. The first kappa shape index (κ1) is 12.1. The highest BCUT2D eigenvalue weighted by molar-refractivity contribution is 5.31. The molecule has 0 bridgehead atoms. The van der Waals surface area contributed by atoms with Crippen LogP contribution in [0, 0.1) is 6.92 Å². The molecule has 0 aliphatic heterocycles. The van der Waals surface area contributed by atoms with Gasteiger partial charge in [0.05, 0.1) is 6.10 Å². The number of para-hydroxylation sites is 1. The van der Waals surface area contributed by atoms with Gasteiger partial charge < -0.3 is 4.74 Å². The molecule has 0 aromatic heterocycles. The lowest BCUT2D eigenvalue weighted by atomic mass is 10.1. The van der Waals surface area contributed by atoms with Crippen LogP contribution < -0.4 is 4.74 Å². The highest BCUT2D eigenvalue weighted by Crippen LogP contribution is 2.19. The zero-order valence-corrected chi connectivity index (χ0v) is 10.1. The summed E-state index contributed by atoms with van der Waals surface area (Å²) in [4.78, 5) is 0. The number of rotatable bonds is 6. The number of benzene rings is 1.